The van der Waals surface area contributed by atoms with Gasteiger partial charge in [0.25, 0.3) is 0 Å². The Morgan fingerprint density at radius 3 is 2.32 bits per heavy atom. The monoisotopic (exact) mass is 304 g/mol. The molecule has 6 heteroatoms. The molecule has 2 rings (SSSR count). The fraction of sp³-hybridized carbons (Fsp3) is 0.125. The zero-order valence-corrected chi connectivity index (χ0v) is 11.7. The maximum atomic E-state index is 14.0. The molecule has 0 amide bonds. The van der Waals surface area contributed by atoms with Gasteiger partial charge in [0.15, 0.2) is 12.6 Å². The Balaban J connectivity index is 2.38. The highest BCUT2D eigenvalue weighted by Crippen LogP contribution is 2.25. The Kier molecular flexibility index (Phi) is 4.85. The standard InChI is InChI=1S/C16H13FO5/c1-21-9-22-13-4-2-3-12(17)14(13)15(18)10-5-7-11(8-6-10)16(19)20/h2-8H,9H2,1H3,(H,19,20). The highest BCUT2D eigenvalue weighted by atomic mass is 19.1. The molecule has 0 radical (unpaired) electrons. The summed E-state index contributed by atoms with van der Waals surface area (Å²) in [4.78, 5) is 23.2. The summed E-state index contributed by atoms with van der Waals surface area (Å²) < 4.78 is 23.9. The Morgan fingerprint density at radius 2 is 1.73 bits per heavy atom. The lowest BCUT2D eigenvalue weighted by Crippen LogP contribution is -2.10. The number of ketones is 1. The number of carbonyl (C=O) groups excluding carboxylic acids is 1. The Labute approximate surface area is 125 Å². The van der Waals surface area contributed by atoms with Gasteiger partial charge in [-0.15, -0.1) is 0 Å². The molecular formula is C16H13FO5. The second-order valence-electron chi connectivity index (χ2n) is 4.38. The number of halogens is 1. The molecule has 0 aliphatic rings. The molecule has 0 heterocycles. The van der Waals surface area contributed by atoms with Crippen LogP contribution in [0.1, 0.15) is 26.3 Å². The third kappa shape index (κ3) is 3.29. The Hall–Kier alpha value is -2.73. The number of benzene rings is 2. The van der Waals surface area contributed by atoms with E-state index in [1.807, 2.05) is 0 Å². The van der Waals surface area contributed by atoms with Crippen molar-refractivity contribution in [1.82, 2.24) is 0 Å². The van der Waals surface area contributed by atoms with E-state index < -0.39 is 17.6 Å². The molecule has 0 fully saturated rings. The summed E-state index contributed by atoms with van der Waals surface area (Å²) in [6, 6.07) is 9.26. The van der Waals surface area contributed by atoms with Crippen LogP contribution in [-0.4, -0.2) is 30.8 Å². The molecule has 0 aromatic heterocycles. The van der Waals surface area contributed by atoms with Gasteiger partial charge in [0.05, 0.1) is 5.56 Å². The predicted molar refractivity (Wildman–Crippen MR) is 75.7 cm³/mol. The normalized spacial score (nSPS) is 10.3. The molecule has 0 atom stereocenters. The first-order valence-corrected chi connectivity index (χ1v) is 6.33. The molecule has 2 aromatic carbocycles. The van der Waals surface area contributed by atoms with Gasteiger partial charge in [-0.2, -0.15) is 0 Å². The fourth-order valence-corrected chi connectivity index (χ4v) is 1.88. The maximum absolute atomic E-state index is 14.0. The average molecular weight is 304 g/mol. The van der Waals surface area contributed by atoms with Crippen LogP contribution in [-0.2, 0) is 4.74 Å². The van der Waals surface area contributed by atoms with E-state index in [0.717, 1.165) is 6.07 Å². The molecule has 0 spiro atoms. The topological polar surface area (TPSA) is 72.8 Å². The molecule has 0 unspecified atom stereocenters. The highest BCUT2D eigenvalue weighted by Gasteiger charge is 2.20. The molecule has 1 N–H and O–H groups in total. The largest absolute Gasteiger partial charge is 0.478 e. The van der Waals surface area contributed by atoms with Gasteiger partial charge in [-0.1, -0.05) is 18.2 Å². The number of carboxylic acids is 1. The van der Waals surface area contributed by atoms with Gasteiger partial charge in [-0.05, 0) is 24.3 Å². The minimum absolute atomic E-state index is 0.0425. The van der Waals surface area contributed by atoms with E-state index in [1.165, 1.54) is 43.5 Å². The summed E-state index contributed by atoms with van der Waals surface area (Å²) in [6.07, 6.45) is 0. The second kappa shape index (κ2) is 6.82. The van der Waals surface area contributed by atoms with Crippen LogP contribution in [0.4, 0.5) is 4.39 Å². The molecule has 2 aromatic rings. The van der Waals surface area contributed by atoms with Crippen LogP contribution in [0.15, 0.2) is 42.5 Å². The van der Waals surface area contributed by atoms with Crippen LogP contribution in [0.2, 0.25) is 0 Å². The van der Waals surface area contributed by atoms with Crippen molar-refractivity contribution < 1.29 is 28.6 Å². The average Bonchev–Trinajstić information content (AvgIpc) is 2.52. The number of rotatable bonds is 6. The predicted octanol–water partition coefficient (Wildman–Crippen LogP) is 2.74. The zero-order chi connectivity index (χ0) is 16.1. The molecule has 0 aliphatic heterocycles. The Bertz CT molecular complexity index is 694. The van der Waals surface area contributed by atoms with Crippen molar-refractivity contribution in [3.05, 3.63) is 65.0 Å². The first kappa shape index (κ1) is 15.7. The van der Waals surface area contributed by atoms with Gasteiger partial charge in [0, 0.05) is 12.7 Å². The maximum Gasteiger partial charge on any atom is 0.335 e. The van der Waals surface area contributed by atoms with E-state index in [9.17, 15) is 14.0 Å². The van der Waals surface area contributed by atoms with Gasteiger partial charge < -0.3 is 14.6 Å². The van der Waals surface area contributed by atoms with Gasteiger partial charge in [-0.25, -0.2) is 9.18 Å². The lowest BCUT2D eigenvalue weighted by molar-refractivity contribution is 0.0500. The Morgan fingerprint density at radius 1 is 1.09 bits per heavy atom. The molecule has 0 saturated carbocycles. The van der Waals surface area contributed by atoms with Crippen molar-refractivity contribution in [2.24, 2.45) is 0 Å². The van der Waals surface area contributed by atoms with E-state index in [4.69, 9.17) is 14.6 Å². The van der Waals surface area contributed by atoms with Gasteiger partial charge in [0.2, 0.25) is 0 Å². The number of aromatic carboxylic acids is 1. The summed E-state index contributed by atoms with van der Waals surface area (Å²) in [5, 5.41) is 8.84. The number of carbonyl (C=O) groups is 2. The van der Waals surface area contributed by atoms with E-state index in [2.05, 4.69) is 0 Å². The molecule has 0 aliphatic carbocycles. The summed E-state index contributed by atoms with van der Waals surface area (Å²) in [5.41, 5.74) is -0.0130. The lowest BCUT2D eigenvalue weighted by Gasteiger charge is -2.11. The highest BCUT2D eigenvalue weighted by molar-refractivity contribution is 6.11. The van der Waals surface area contributed by atoms with Crippen LogP contribution in [0.3, 0.4) is 0 Å². The summed E-state index contributed by atoms with van der Waals surface area (Å²) in [7, 11) is 1.41. The van der Waals surface area contributed by atoms with Crippen molar-refractivity contribution in [2.75, 3.05) is 13.9 Å². The number of hydrogen-bond acceptors (Lipinski definition) is 4. The van der Waals surface area contributed by atoms with Crippen LogP contribution in [0, 0.1) is 5.82 Å². The molecular weight excluding hydrogens is 291 g/mol. The lowest BCUT2D eigenvalue weighted by atomic mass is 10.0. The van der Waals surface area contributed by atoms with Crippen molar-refractivity contribution in [3.63, 3.8) is 0 Å². The summed E-state index contributed by atoms with van der Waals surface area (Å²) in [6.45, 7) is -0.123. The van der Waals surface area contributed by atoms with Crippen LogP contribution in [0.5, 0.6) is 5.75 Å². The number of ether oxygens (including phenoxy) is 2. The van der Waals surface area contributed by atoms with E-state index >= 15 is 0 Å². The van der Waals surface area contributed by atoms with Crippen molar-refractivity contribution in [1.29, 1.82) is 0 Å². The first-order valence-electron chi connectivity index (χ1n) is 6.33. The second-order valence-corrected chi connectivity index (χ2v) is 4.38. The molecule has 0 saturated heterocycles. The first-order chi connectivity index (χ1) is 10.5. The van der Waals surface area contributed by atoms with E-state index in [1.54, 1.807) is 0 Å². The third-order valence-corrected chi connectivity index (χ3v) is 2.93. The smallest absolute Gasteiger partial charge is 0.335 e. The van der Waals surface area contributed by atoms with E-state index in [-0.39, 0.29) is 29.2 Å². The van der Waals surface area contributed by atoms with Crippen LogP contribution >= 0.6 is 0 Å². The van der Waals surface area contributed by atoms with E-state index in [0.29, 0.717) is 0 Å². The third-order valence-electron chi connectivity index (χ3n) is 2.93. The summed E-state index contributed by atoms with van der Waals surface area (Å²) >= 11 is 0. The van der Waals surface area contributed by atoms with Gasteiger partial charge in [0.1, 0.15) is 17.1 Å². The van der Waals surface area contributed by atoms with Crippen molar-refractivity contribution >= 4 is 11.8 Å². The zero-order valence-electron chi connectivity index (χ0n) is 11.7. The SMILES string of the molecule is COCOc1cccc(F)c1C(=O)c1ccc(C(=O)O)cc1. The molecule has 5 nitrogen and oxygen atoms in total. The number of methoxy groups -OCH3 is 1. The number of hydrogen-bond donors (Lipinski definition) is 1. The van der Waals surface area contributed by atoms with Crippen molar-refractivity contribution in [2.45, 2.75) is 0 Å². The van der Waals surface area contributed by atoms with Crippen LogP contribution < -0.4 is 4.74 Å². The number of carboxylic acid groups (broad SMARTS) is 1. The van der Waals surface area contributed by atoms with Crippen molar-refractivity contribution in [3.8, 4) is 5.75 Å². The van der Waals surface area contributed by atoms with Gasteiger partial charge in [-0.3, -0.25) is 4.79 Å². The minimum atomic E-state index is -1.10. The fourth-order valence-electron chi connectivity index (χ4n) is 1.88. The van der Waals surface area contributed by atoms with Gasteiger partial charge >= 0.3 is 5.97 Å². The minimum Gasteiger partial charge on any atom is -0.478 e. The molecule has 114 valence electrons. The quantitative estimate of drug-likeness (QED) is 0.656. The summed E-state index contributed by atoms with van der Waals surface area (Å²) in [5.74, 6) is -2.36. The molecule has 0 bridgehead atoms. The van der Waals surface area contributed by atoms with Crippen LogP contribution in [0.25, 0.3) is 0 Å². The molecule has 22 heavy (non-hydrogen) atoms.